The molecule has 15 heteroatoms. The molecule has 1 aromatic heterocycles. The molecule has 4 nitrogen and oxygen atoms in total. The van der Waals surface area contributed by atoms with Crippen LogP contribution in [0.4, 0.5) is 40.9 Å². The average molecular weight is 497 g/mol. The van der Waals surface area contributed by atoms with Gasteiger partial charge in [0.25, 0.3) is 5.92 Å². The number of benzene rings is 1. The Balaban J connectivity index is 2.21. The predicted molar refractivity (Wildman–Crippen MR) is 91.9 cm³/mol. The molecular weight excluding hydrogens is 491 g/mol. The minimum atomic E-state index is -5.47. The molecule has 1 aliphatic carbocycles. The number of nitrogen functional groups attached to an aromatic ring is 1. The first-order valence-electron chi connectivity index (χ1n) is 7.54. The van der Waals surface area contributed by atoms with Crippen molar-refractivity contribution < 1.29 is 35.1 Å². The number of aromatic nitrogens is 2. The number of alkyl halides is 8. The summed E-state index contributed by atoms with van der Waals surface area (Å²) < 4.78 is 106. The normalized spacial score (nSPS) is 20.8. The van der Waals surface area contributed by atoms with E-state index in [2.05, 4.69) is 5.10 Å². The number of hydrogen-bond acceptors (Lipinski definition) is 4. The van der Waals surface area contributed by atoms with Crippen LogP contribution in [0, 0.1) is 11.3 Å². The maximum atomic E-state index is 13.8. The van der Waals surface area contributed by atoms with E-state index in [1.54, 1.807) is 0 Å². The van der Waals surface area contributed by atoms with Crippen LogP contribution in [0.2, 0.25) is 10.0 Å². The fraction of sp³-hybridized carbons (Fsp3) is 0.333. The second-order valence-electron chi connectivity index (χ2n) is 6.20. The van der Waals surface area contributed by atoms with Crippen LogP contribution >= 0.6 is 35.0 Å². The van der Waals surface area contributed by atoms with Gasteiger partial charge in [-0.2, -0.15) is 36.7 Å². The lowest BCUT2D eigenvalue weighted by atomic mass is 9.94. The number of thioether (sulfide) groups is 1. The number of hydrogen-bond donors (Lipinski definition) is 1. The Morgan fingerprint density at radius 3 is 2.00 bits per heavy atom. The van der Waals surface area contributed by atoms with E-state index in [1.807, 2.05) is 0 Å². The van der Waals surface area contributed by atoms with Crippen LogP contribution in [0.5, 0.6) is 0 Å². The van der Waals surface area contributed by atoms with Gasteiger partial charge < -0.3 is 5.73 Å². The number of nitrogens with zero attached hydrogens (tertiary/aromatic N) is 3. The zero-order valence-corrected chi connectivity index (χ0v) is 16.3. The van der Waals surface area contributed by atoms with Gasteiger partial charge in [0.05, 0.1) is 15.6 Å². The first-order chi connectivity index (χ1) is 13.6. The van der Waals surface area contributed by atoms with Gasteiger partial charge in [-0.15, -0.1) is 0 Å². The van der Waals surface area contributed by atoms with Gasteiger partial charge in [-0.05, 0) is 23.9 Å². The Kier molecular flexibility index (Phi) is 5.16. The molecule has 1 heterocycles. The highest BCUT2D eigenvalue weighted by Crippen LogP contribution is 2.70. The van der Waals surface area contributed by atoms with E-state index in [-0.39, 0.29) is 0 Å². The zero-order chi connectivity index (χ0) is 22.9. The molecule has 0 radical (unpaired) electrons. The number of anilines is 1. The van der Waals surface area contributed by atoms with Gasteiger partial charge in [0, 0.05) is 11.3 Å². The third kappa shape index (κ3) is 3.44. The van der Waals surface area contributed by atoms with Crippen molar-refractivity contribution >= 4 is 40.8 Å². The van der Waals surface area contributed by atoms with Crippen LogP contribution in [0.25, 0.3) is 5.69 Å². The van der Waals surface area contributed by atoms with Gasteiger partial charge in [-0.3, -0.25) is 0 Å². The molecule has 0 bridgehead atoms. The minimum Gasteiger partial charge on any atom is -0.383 e. The summed E-state index contributed by atoms with van der Waals surface area (Å²) in [7, 11) is 0. The molecule has 2 aromatic rings. The molecule has 30 heavy (non-hydrogen) atoms. The standard InChI is InChI=1S/C15H6Cl2F8N4S/c16-6-1-5(30-15(23,24)25)2-7(17)10(6)29-11(27)9(8(3-26)28-29)12(14(20,21)22)4-13(12,18)19/h1-2H,4,27H2. The number of nitriles is 1. The molecule has 0 aliphatic heterocycles. The van der Waals surface area contributed by atoms with Crippen molar-refractivity contribution in [3.8, 4) is 11.8 Å². The highest BCUT2D eigenvalue weighted by molar-refractivity contribution is 8.00. The fourth-order valence-electron chi connectivity index (χ4n) is 3.05. The molecule has 0 amide bonds. The summed E-state index contributed by atoms with van der Waals surface area (Å²) in [5, 5.41) is 11.6. The summed E-state index contributed by atoms with van der Waals surface area (Å²) in [6, 6.07) is 2.86. The lowest BCUT2D eigenvalue weighted by molar-refractivity contribution is -0.182. The van der Waals surface area contributed by atoms with Gasteiger partial charge >= 0.3 is 11.7 Å². The largest absolute Gasteiger partial charge is 0.446 e. The van der Waals surface area contributed by atoms with E-state index in [4.69, 9.17) is 34.2 Å². The maximum absolute atomic E-state index is 13.8. The highest BCUT2D eigenvalue weighted by atomic mass is 35.5. The van der Waals surface area contributed by atoms with Crippen LogP contribution in [0.15, 0.2) is 17.0 Å². The third-order valence-electron chi connectivity index (χ3n) is 4.36. The molecule has 1 unspecified atom stereocenters. The first kappa shape index (κ1) is 22.8. The minimum absolute atomic E-state index is 0.433. The smallest absolute Gasteiger partial charge is 0.383 e. The van der Waals surface area contributed by atoms with E-state index < -0.39 is 78.9 Å². The maximum Gasteiger partial charge on any atom is 0.446 e. The van der Waals surface area contributed by atoms with Crippen molar-refractivity contribution in [1.82, 2.24) is 9.78 Å². The van der Waals surface area contributed by atoms with Crippen molar-refractivity contribution in [2.45, 2.75) is 34.3 Å². The Hall–Kier alpha value is -1.91. The van der Waals surface area contributed by atoms with Crippen molar-refractivity contribution in [2.24, 2.45) is 0 Å². The molecule has 1 aliphatic rings. The number of rotatable bonds is 3. The van der Waals surface area contributed by atoms with E-state index in [1.165, 1.54) is 6.07 Å². The highest BCUT2D eigenvalue weighted by Gasteiger charge is 2.86. The topological polar surface area (TPSA) is 67.6 Å². The van der Waals surface area contributed by atoms with E-state index >= 15 is 0 Å². The van der Waals surface area contributed by atoms with Gasteiger partial charge in [-0.1, -0.05) is 23.2 Å². The quantitative estimate of drug-likeness (QED) is 0.412. The monoisotopic (exact) mass is 496 g/mol. The van der Waals surface area contributed by atoms with Gasteiger partial charge in [0.2, 0.25) is 0 Å². The predicted octanol–water partition coefficient (Wildman–Crippen LogP) is 6.08. The molecule has 0 spiro atoms. The van der Waals surface area contributed by atoms with Crippen molar-refractivity contribution in [1.29, 1.82) is 5.26 Å². The Labute approximate surface area is 176 Å². The molecule has 1 aromatic carbocycles. The van der Waals surface area contributed by atoms with Crippen LogP contribution in [-0.2, 0) is 5.41 Å². The molecule has 1 fully saturated rings. The summed E-state index contributed by atoms with van der Waals surface area (Å²) in [4.78, 5) is -0.451. The molecule has 2 N–H and O–H groups in total. The second-order valence-corrected chi connectivity index (χ2v) is 8.15. The van der Waals surface area contributed by atoms with Crippen molar-refractivity contribution in [3.05, 3.63) is 33.4 Å². The Morgan fingerprint density at radius 1 is 1.13 bits per heavy atom. The van der Waals surface area contributed by atoms with E-state index in [9.17, 15) is 35.1 Å². The fourth-order valence-corrected chi connectivity index (χ4v) is 4.44. The van der Waals surface area contributed by atoms with Gasteiger partial charge in [0.1, 0.15) is 17.6 Å². The molecule has 1 saturated carbocycles. The second kappa shape index (κ2) is 6.80. The molecule has 3 rings (SSSR count). The Morgan fingerprint density at radius 2 is 1.63 bits per heavy atom. The van der Waals surface area contributed by atoms with Gasteiger partial charge in [-0.25, -0.2) is 13.5 Å². The molecule has 0 saturated heterocycles. The lowest BCUT2D eigenvalue weighted by Gasteiger charge is -2.20. The molecular formula is C15H6Cl2F8N4S. The molecule has 1 atom stereocenters. The van der Waals surface area contributed by atoms with Crippen molar-refractivity contribution in [2.75, 3.05) is 5.73 Å². The summed E-state index contributed by atoms with van der Waals surface area (Å²) in [5.41, 5.74) is -5.51. The summed E-state index contributed by atoms with van der Waals surface area (Å²) in [5.74, 6) is -5.22. The van der Waals surface area contributed by atoms with Crippen LogP contribution in [-0.4, -0.2) is 27.4 Å². The van der Waals surface area contributed by atoms with Crippen LogP contribution < -0.4 is 5.73 Å². The summed E-state index contributed by atoms with van der Waals surface area (Å²) in [6.45, 7) is 0. The van der Waals surface area contributed by atoms with Crippen LogP contribution in [0.3, 0.4) is 0 Å². The number of halogens is 10. The summed E-state index contributed by atoms with van der Waals surface area (Å²) >= 11 is 11.3. The lowest BCUT2D eigenvalue weighted by Crippen LogP contribution is -2.35. The van der Waals surface area contributed by atoms with Crippen LogP contribution in [0.1, 0.15) is 17.7 Å². The van der Waals surface area contributed by atoms with Gasteiger partial charge in [0.15, 0.2) is 11.1 Å². The zero-order valence-electron chi connectivity index (χ0n) is 14.0. The molecule has 162 valence electrons. The number of nitrogens with two attached hydrogens (primary N) is 1. The van der Waals surface area contributed by atoms with E-state index in [0.717, 1.165) is 12.1 Å². The third-order valence-corrected chi connectivity index (χ3v) is 5.64. The SMILES string of the molecule is N#Cc1nn(-c2c(Cl)cc(SC(F)(F)F)cc2Cl)c(N)c1C1(C(F)(F)F)CC1(F)F. The first-order valence-corrected chi connectivity index (χ1v) is 9.12. The summed E-state index contributed by atoms with van der Waals surface area (Å²) in [6.07, 6.45) is -7.11. The van der Waals surface area contributed by atoms with E-state index in [0.29, 0.717) is 4.68 Å². The average Bonchev–Trinajstić information content (AvgIpc) is 2.99. The Bertz CT molecular complexity index is 1050. The van der Waals surface area contributed by atoms with Crippen molar-refractivity contribution in [3.63, 3.8) is 0 Å².